The minimum absolute atomic E-state index is 0.267. The highest BCUT2D eigenvalue weighted by atomic mass is 32.2. The van der Waals surface area contributed by atoms with Crippen molar-refractivity contribution >= 4 is 38.7 Å². The van der Waals surface area contributed by atoms with Crippen LogP contribution in [-0.4, -0.2) is 44.1 Å². The highest BCUT2D eigenvalue weighted by molar-refractivity contribution is 7.89. The minimum Gasteiger partial charge on any atom is -0.379 e. The van der Waals surface area contributed by atoms with Gasteiger partial charge in [0.2, 0.25) is 10.0 Å². The number of anilines is 2. The van der Waals surface area contributed by atoms with E-state index in [1.807, 2.05) is 12.1 Å². The molecule has 0 unspecified atom stereocenters. The largest absolute Gasteiger partial charge is 0.379 e. The lowest BCUT2D eigenvalue weighted by molar-refractivity contribution is 0.0730. The van der Waals surface area contributed by atoms with Crippen LogP contribution in [0.4, 0.5) is 11.4 Å². The summed E-state index contributed by atoms with van der Waals surface area (Å²) >= 11 is 5.35. The van der Waals surface area contributed by atoms with Gasteiger partial charge in [0, 0.05) is 24.5 Å². The first-order valence-corrected chi connectivity index (χ1v) is 11.1. The molecule has 0 saturated carbocycles. The predicted molar refractivity (Wildman–Crippen MR) is 116 cm³/mol. The molecule has 1 fully saturated rings. The third-order valence-electron chi connectivity index (χ3n) is 4.56. The van der Waals surface area contributed by atoms with Crippen LogP contribution < -0.4 is 10.6 Å². The fourth-order valence-corrected chi connectivity index (χ4v) is 4.53. The molecule has 2 N–H and O–H groups in total. The molecule has 8 heteroatoms. The van der Waals surface area contributed by atoms with E-state index in [0.29, 0.717) is 37.3 Å². The molecule has 0 aromatic heterocycles. The van der Waals surface area contributed by atoms with Gasteiger partial charge in [0.1, 0.15) is 0 Å². The summed E-state index contributed by atoms with van der Waals surface area (Å²) in [5, 5.41) is 6.66. The molecule has 2 aromatic rings. The summed E-state index contributed by atoms with van der Waals surface area (Å²) in [6.45, 7) is 5.92. The summed E-state index contributed by atoms with van der Waals surface area (Å²) in [7, 11) is -3.49. The molecule has 3 rings (SSSR count). The lowest BCUT2D eigenvalue weighted by atomic mass is 10.0. The molecule has 0 aliphatic carbocycles. The molecule has 1 heterocycles. The Labute approximate surface area is 171 Å². The van der Waals surface area contributed by atoms with Crippen LogP contribution >= 0.6 is 12.2 Å². The van der Waals surface area contributed by atoms with Crippen molar-refractivity contribution in [3.8, 4) is 0 Å². The van der Waals surface area contributed by atoms with Gasteiger partial charge >= 0.3 is 0 Å². The van der Waals surface area contributed by atoms with E-state index in [2.05, 4.69) is 36.6 Å². The third-order valence-corrected chi connectivity index (χ3v) is 6.67. The lowest BCUT2D eigenvalue weighted by Gasteiger charge is -2.26. The number of sulfonamides is 1. The number of ether oxygens (including phenoxy) is 1. The van der Waals surface area contributed by atoms with Crippen molar-refractivity contribution in [2.45, 2.75) is 24.7 Å². The fraction of sp³-hybridized carbons (Fsp3) is 0.350. The maximum atomic E-state index is 12.6. The zero-order valence-electron chi connectivity index (χ0n) is 16.0. The number of morpholine rings is 1. The molecule has 0 radical (unpaired) electrons. The summed E-state index contributed by atoms with van der Waals surface area (Å²) in [6, 6.07) is 14.7. The SMILES string of the molecule is CC(C)c1ccc(NC(=S)Nc2ccc(S(=O)(=O)N3CCOCC3)cc2)cc1. The zero-order chi connectivity index (χ0) is 20.1. The van der Waals surface area contributed by atoms with Crippen molar-refractivity contribution in [3.63, 3.8) is 0 Å². The Morgan fingerprint density at radius 3 is 1.96 bits per heavy atom. The van der Waals surface area contributed by atoms with Crippen molar-refractivity contribution in [1.29, 1.82) is 0 Å². The number of nitrogens with one attached hydrogen (secondary N) is 2. The van der Waals surface area contributed by atoms with Crippen LogP contribution in [0.2, 0.25) is 0 Å². The Balaban J connectivity index is 1.61. The summed E-state index contributed by atoms with van der Waals surface area (Å²) in [5.74, 6) is 0.478. The van der Waals surface area contributed by atoms with Gasteiger partial charge < -0.3 is 15.4 Å². The highest BCUT2D eigenvalue weighted by Crippen LogP contribution is 2.20. The number of benzene rings is 2. The van der Waals surface area contributed by atoms with E-state index >= 15 is 0 Å². The van der Waals surface area contributed by atoms with E-state index in [1.165, 1.54) is 9.87 Å². The van der Waals surface area contributed by atoms with Crippen molar-refractivity contribution < 1.29 is 13.2 Å². The van der Waals surface area contributed by atoms with Crippen LogP contribution in [0.25, 0.3) is 0 Å². The topological polar surface area (TPSA) is 70.7 Å². The summed E-state index contributed by atoms with van der Waals surface area (Å²) in [4.78, 5) is 0.267. The Hall–Kier alpha value is -2.00. The molecule has 2 aromatic carbocycles. The van der Waals surface area contributed by atoms with E-state index in [-0.39, 0.29) is 4.90 Å². The monoisotopic (exact) mass is 419 g/mol. The van der Waals surface area contributed by atoms with E-state index in [1.54, 1.807) is 24.3 Å². The molecule has 6 nitrogen and oxygen atoms in total. The van der Waals surface area contributed by atoms with Crippen LogP contribution in [0.1, 0.15) is 25.3 Å². The fourth-order valence-electron chi connectivity index (χ4n) is 2.89. The molecule has 0 bridgehead atoms. The first kappa shape index (κ1) is 20.7. The third kappa shape index (κ3) is 5.08. The van der Waals surface area contributed by atoms with Gasteiger partial charge in [-0.1, -0.05) is 26.0 Å². The Morgan fingerprint density at radius 2 is 1.46 bits per heavy atom. The average Bonchev–Trinajstić information content (AvgIpc) is 2.69. The number of hydrogen-bond acceptors (Lipinski definition) is 4. The number of rotatable bonds is 5. The van der Waals surface area contributed by atoms with Crippen LogP contribution in [0.15, 0.2) is 53.4 Å². The van der Waals surface area contributed by atoms with E-state index < -0.39 is 10.0 Å². The second-order valence-electron chi connectivity index (χ2n) is 6.90. The van der Waals surface area contributed by atoms with Gasteiger partial charge in [-0.2, -0.15) is 4.31 Å². The van der Waals surface area contributed by atoms with Crippen molar-refractivity contribution in [3.05, 3.63) is 54.1 Å². The molecule has 0 spiro atoms. The van der Waals surface area contributed by atoms with Crippen LogP contribution in [-0.2, 0) is 14.8 Å². The predicted octanol–water partition coefficient (Wildman–Crippen LogP) is 3.64. The van der Waals surface area contributed by atoms with Gasteiger partial charge in [0.05, 0.1) is 18.1 Å². The number of hydrogen-bond donors (Lipinski definition) is 2. The Kier molecular flexibility index (Phi) is 6.66. The van der Waals surface area contributed by atoms with Gasteiger partial charge in [0.15, 0.2) is 5.11 Å². The first-order valence-electron chi connectivity index (χ1n) is 9.22. The Morgan fingerprint density at radius 1 is 0.964 bits per heavy atom. The second kappa shape index (κ2) is 9.00. The summed E-state index contributed by atoms with van der Waals surface area (Å²) < 4.78 is 32.0. The molecular weight excluding hydrogens is 394 g/mol. The quantitative estimate of drug-likeness (QED) is 0.721. The van der Waals surface area contributed by atoms with Gasteiger partial charge in [-0.3, -0.25) is 0 Å². The smallest absolute Gasteiger partial charge is 0.243 e. The van der Waals surface area contributed by atoms with Crippen molar-refractivity contribution in [2.24, 2.45) is 0 Å². The van der Waals surface area contributed by atoms with Crippen LogP contribution in [0, 0.1) is 0 Å². The van der Waals surface area contributed by atoms with E-state index in [0.717, 1.165) is 11.4 Å². The molecule has 0 amide bonds. The minimum atomic E-state index is -3.49. The molecule has 1 aliphatic rings. The molecule has 28 heavy (non-hydrogen) atoms. The number of thiocarbonyl (C=S) groups is 1. The normalized spacial score (nSPS) is 15.4. The lowest BCUT2D eigenvalue weighted by Crippen LogP contribution is -2.40. The zero-order valence-corrected chi connectivity index (χ0v) is 17.6. The van der Waals surface area contributed by atoms with Crippen molar-refractivity contribution in [1.82, 2.24) is 4.31 Å². The molecule has 1 saturated heterocycles. The van der Waals surface area contributed by atoms with Gasteiger partial charge in [-0.25, -0.2) is 8.42 Å². The summed E-state index contributed by atoms with van der Waals surface area (Å²) in [6.07, 6.45) is 0. The summed E-state index contributed by atoms with van der Waals surface area (Å²) in [5.41, 5.74) is 2.88. The van der Waals surface area contributed by atoms with Crippen LogP contribution in [0.5, 0.6) is 0 Å². The number of nitrogens with zero attached hydrogens (tertiary/aromatic N) is 1. The maximum absolute atomic E-state index is 12.6. The Bertz CT molecular complexity index is 905. The maximum Gasteiger partial charge on any atom is 0.243 e. The molecular formula is C20H25N3O3S2. The van der Waals surface area contributed by atoms with Gasteiger partial charge in [-0.05, 0) is 60.1 Å². The van der Waals surface area contributed by atoms with Gasteiger partial charge in [-0.15, -0.1) is 0 Å². The molecule has 150 valence electrons. The first-order chi connectivity index (χ1) is 13.4. The highest BCUT2D eigenvalue weighted by Gasteiger charge is 2.26. The molecule has 1 aliphatic heterocycles. The molecule has 0 atom stereocenters. The van der Waals surface area contributed by atoms with E-state index in [4.69, 9.17) is 17.0 Å². The second-order valence-corrected chi connectivity index (χ2v) is 9.24. The van der Waals surface area contributed by atoms with Crippen molar-refractivity contribution in [2.75, 3.05) is 36.9 Å². The van der Waals surface area contributed by atoms with Crippen LogP contribution in [0.3, 0.4) is 0 Å². The standard InChI is InChI=1S/C20H25N3O3S2/c1-15(2)16-3-5-17(6-4-16)21-20(27)22-18-7-9-19(10-8-18)28(24,25)23-11-13-26-14-12-23/h3-10,15H,11-14H2,1-2H3,(H2,21,22,27). The van der Waals surface area contributed by atoms with E-state index in [9.17, 15) is 8.42 Å². The van der Waals surface area contributed by atoms with Gasteiger partial charge in [0.25, 0.3) is 0 Å². The average molecular weight is 420 g/mol.